The zero-order chi connectivity index (χ0) is 18.8. The molecule has 0 bridgehead atoms. The Labute approximate surface area is 159 Å². The fraction of sp³-hybridized carbons (Fsp3) is 0.364. The summed E-state index contributed by atoms with van der Waals surface area (Å²) in [5, 5.41) is 0. The number of hydrogen-bond acceptors (Lipinski definition) is 4. The van der Waals surface area contributed by atoms with Gasteiger partial charge in [-0.1, -0.05) is 35.9 Å². The van der Waals surface area contributed by atoms with Crippen molar-refractivity contribution in [2.45, 2.75) is 26.9 Å². The van der Waals surface area contributed by atoms with Gasteiger partial charge in [-0.3, -0.25) is 19.0 Å². The molecule has 0 amide bonds. The van der Waals surface area contributed by atoms with Gasteiger partial charge in [0.15, 0.2) is 0 Å². The topological polar surface area (TPSA) is 40.9 Å². The highest BCUT2D eigenvalue weighted by Gasteiger charge is 2.18. The first-order valence-corrected chi connectivity index (χ1v) is 9.57. The van der Waals surface area contributed by atoms with E-state index in [1.165, 1.54) is 11.1 Å². The van der Waals surface area contributed by atoms with E-state index in [-0.39, 0.29) is 5.56 Å². The monoisotopic (exact) mass is 362 g/mol. The largest absolute Gasteiger partial charge is 0.297 e. The molecular formula is C22H26N4O. The second kappa shape index (κ2) is 7.62. The van der Waals surface area contributed by atoms with Crippen LogP contribution in [0.4, 0.5) is 0 Å². The first kappa shape index (κ1) is 17.9. The van der Waals surface area contributed by atoms with Gasteiger partial charge in [-0.15, -0.1) is 0 Å². The first-order chi connectivity index (χ1) is 13.1. The number of pyridine rings is 1. The van der Waals surface area contributed by atoms with Gasteiger partial charge in [-0.05, 0) is 31.5 Å². The van der Waals surface area contributed by atoms with Gasteiger partial charge in [0.05, 0.1) is 5.69 Å². The maximum absolute atomic E-state index is 12.4. The van der Waals surface area contributed by atoms with E-state index in [4.69, 9.17) is 4.98 Å². The molecule has 1 aromatic carbocycles. The molecule has 0 radical (unpaired) electrons. The molecule has 1 fully saturated rings. The molecule has 4 rings (SSSR count). The average molecular weight is 362 g/mol. The number of rotatable bonds is 4. The van der Waals surface area contributed by atoms with Crippen molar-refractivity contribution in [2.75, 3.05) is 26.2 Å². The van der Waals surface area contributed by atoms with Crippen LogP contribution in [0.25, 0.3) is 5.65 Å². The molecule has 3 aromatic rings. The predicted molar refractivity (Wildman–Crippen MR) is 108 cm³/mol. The van der Waals surface area contributed by atoms with Gasteiger partial charge in [0.2, 0.25) is 0 Å². The Kier molecular flexibility index (Phi) is 5.05. The van der Waals surface area contributed by atoms with E-state index in [0.717, 1.165) is 56.3 Å². The van der Waals surface area contributed by atoms with Crippen LogP contribution in [0.5, 0.6) is 0 Å². The number of aromatic nitrogens is 2. The Balaban J connectivity index is 1.39. The summed E-state index contributed by atoms with van der Waals surface area (Å²) < 4.78 is 1.67. The van der Waals surface area contributed by atoms with Crippen LogP contribution in [0.1, 0.15) is 22.5 Å². The van der Waals surface area contributed by atoms with Gasteiger partial charge in [-0.25, -0.2) is 4.98 Å². The summed E-state index contributed by atoms with van der Waals surface area (Å²) >= 11 is 0. The summed E-state index contributed by atoms with van der Waals surface area (Å²) in [5.41, 5.74) is 5.21. The lowest BCUT2D eigenvalue weighted by atomic mass is 10.1. The van der Waals surface area contributed by atoms with Crippen molar-refractivity contribution in [3.05, 3.63) is 81.4 Å². The summed E-state index contributed by atoms with van der Waals surface area (Å²) in [6.07, 6.45) is 0. The van der Waals surface area contributed by atoms with Crippen LogP contribution < -0.4 is 5.56 Å². The van der Waals surface area contributed by atoms with Crippen LogP contribution in [0.3, 0.4) is 0 Å². The van der Waals surface area contributed by atoms with E-state index < -0.39 is 0 Å². The van der Waals surface area contributed by atoms with E-state index in [2.05, 4.69) is 41.0 Å². The lowest BCUT2D eigenvalue weighted by Crippen LogP contribution is -2.45. The fourth-order valence-electron chi connectivity index (χ4n) is 3.85. The molecule has 0 unspecified atom stereocenters. The molecule has 0 aliphatic carbocycles. The summed E-state index contributed by atoms with van der Waals surface area (Å²) in [4.78, 5) is 22.0. The Hall–Kier alpha value is -2.50. The van der Waals surface area contributed by atoms with Crippen LogP contribution in [-0.4, -0.2) is 45.4 Å². The third kappa shape index (κ3) is 4.10. The van der Waals surface area contributed by atoms with Crippen LogP contribution in [0.2, 0.25) is 0 Å². The number of aryl methyl sites for hydroxylation is 2. The quantitative estimate of drug-likeness (QED) is 0.715. The molecular weight excluding hydrogens is 336 g/mol. The molecule has 1 aliphatic heterocycles. The lowest BCUT2D eigenvalue weighted by molar-refractivity contribution is 0.121. The summed E-state index contributed by atoms with van der Waals surface area (Å²) in [6, 6.07) is 16.2. The van der Waals surface area contributed by atoms with Crippen molar-refractivity contribution < 1.29 is 0 Å². The zero-order valence-corrected chi connectivity index (χ0v) is 16.1. The molecule has 3 heterocycles. The first-order valence-electron chi connectivity index (χ1n) is 9.57. The van der Waals surface area contributed by atoms with Crippen molar-refractivity contribution in [1.29, 1.82) is 0 Å². The molecule has 0 saturated carbocycles. The normalized spacial score (nSPS) is 16.1. The molecule has 5 heteroatoms. The highest BCUT2D eigenvalue weighted by Crippen LogP contribution is 2.12. The highest BCUT2D eigenvalue weighted by molar-refractivity contribution is 5.40. The summed E-state index contributed by atoms with van der Waals surface area (Å²) in [7, 11) is 0. The van der Waals surface area contributed by atoms with Gasteiger partial charge in [0.25, 0.3) is 5.56 Å². The molecule has 0 spiro atoms. The zero-order valence-electron chi connectivity index (χ0n) is 16.1. The van der Waals surface area contributed by atoms with Crippen LogP contribution in [0.15, 0.2) is 53.3 Å². The van der Waals surface area contributed by atoms with Crippen LogP contribution in [0, 0.1) is 13.8 Å². The number of nitrogens with zero attached hydrogens (tertiary/aromatic N) is 4. The van der Waals surface area contributed by atoms with Gasteiger partial charge in [0.1, 0.15) is 5.65 Å². The summed E-state index contributed by atoms with van der Waals surface area (Å²) in [6.45, 7) is 9.90. The van der Waals surface area contributed by atoms with Crippen molar-refractivity contribution in [3.63, 3.8) is 0 Å². The maximum atomic E-state index is 12.4. The van der Waals surface area contributed by atoms with Gasteiger partial charge >= 0.3 is 0 Å². The van der Waals surface area contributed by atoms with Crippen molar-refractivity contribution in [2.24, 2.45) is 0 Å². The molecule has 5 nitrogen and oxygen atoms in total. The molecule has 0 N–H and O–H groups in total. The molecule has 2 aromatic heterocycles. The predicted octanol–water partition coefficient (Wildman–Crippen LogP) is 2.63. The highest BCUT2D eigenvalue weighted by atomic mass is 16.1. The summed E-state index contributed by atoms with van der Waals surface area (Å²) in [5.74, 6) is 0. The second-order valence-electron chi connectivity index (χ2n) is 7.49. The van der Waals surface area contributed by atoms with E-state index in [1.807, 2.05) is 25.1 Å². The second-order valence-corrected chi connectivity index (χ2v) is 7.49. The van der Waals surface area contributed by atoms with Gasteiger partial charge in [-0.2, -0.15) is 0 Å². The minimum atomic E-state index is 0.00573. The van der Waals surface area contributed by atoms with Crippen LogP contribution >= 0.6 is 0 Å². The van der Waals surface area contributed by atoms with E-state index in [9.17, 15) is 4.79 Å². The van der Waals surface area contributed by atoms with Crippen molar-refractivity contribution >= 4 is 5.65 Å². The standard InChI is InChI=1S/C22H26N4O/c1-17-5-3-7-19(13-17)15-24-9-11-25(12-10-24)16-20-14-22(27)26-18(2)6-4-8-21(26)23-20/h3-8,13-14H,9-12,15-16H2,1-2H3. The van der Waals surface area contributed by atoms with E-state index in [1.54, 1.807) is 10.5 Å². The van der Waals surface area contributed by atoms with E-state index in [0.29, 0.717) is 0 Å². The maximum Gasteiger partial charge on any atom is 0.258 e. The fourth-order valence-corrected chi connectivity index (χ4v) is 3.85. The third-order valence-corrected chi connectivity index (χ3v) is 5.27. The molecule has 27 heavy (non-hydrogen) atoms. The Morgan fingerprint density at radius 3 is 2.33 bits per heavy atom. The Morgan fingerprint density at radius 2 is 1.59 bits per heavy atom. The average Bonchev–Trinajstić information content (AvgIpc) is 2.63. The van der Waals surface area contributed by atoms with E-state index >= 15 is 0 Å². The van der Waals surface area contributed by atoms with Crippen molar-refractivity contribution in [1.82, 2.24) is 19.2 Å². The minimum Gasteiger partial charge on any atom is -0.297 e. The van der Waals surface area contributed by atoms with Crippen molar-refractivity contribution in [3.8, 4) is 0 Å². The third-order valence-electron chi connectivity index (χ3n) is 5.27. The van der Waals surface area contributed by atoms with Gasteiger partial charge in [0, 0.05) is 51.0 Å². The molecule has 1 aliphatic rings. The number of benzene rings is 1. The molecule has 1 saturated heterocycles. The molecule has 0 atom stereocenters. The SMILES string of the molecule is Cc1cccc(CN2CCN(Cc3cc(=O)n4c(C)cccc4n3)CC2)c1. The van der Waals surface area contributed by atoms with Crippen LogP contribution in [-0.2, 0) is 13.1 Å². The van der Waals surface area contributed by atoms with Gasteiger partial charge < -0.3 is 0 Å². The smallest absolute Gasteiger partial charge is 0.258 e. The Morgan fingerprint density at radius 1 is 0.889 bits per heavy atom. The lowest BCUT2D eigenvalue weighted by Gasteiger charge is -2.34. The number of fused-ring (bicyclic) bond motifs is 1. The minimum absolute atomic E-state index is 0.00573. The number of piperazine rings is 1. The Bertz CT molecular complexity index is 1000. The molecule has 140 valence electrons. The number of hydrogen-bond donors (Lipinski definition) is 0.